The summed E-state index contributed by atoms with van der Waals surface area (Å²) < 4.78 is 11.0. The van der Waals surface area contributed by atoms with Crippen molar-refractivity contribution in [2.75, 3.05) is 20.3 Å². The van der Waals surface area contributed by atoms with E-state index in [9.17, 15) is 9.59 Å². The van der Waals surface area contributed by atoms with Crippen molar-refractivity contribution in [1.82, 2.24) is 4.90 Å². The molecular formula is C17H25ClN2O4. The van der Waals surface area contributed by atoms with Crippen molar-refractivity contribution in [3.05, 3.63) is 22.7 Å². The minimum Gasteiger partial charge on any atom is -0.493 e. The topological polar surface area (TPSA) is 81.9 Å². The molecule has 0 spiro atoms. The van der Waals surface area contributed by atoms with Gasteiger partial charge in [0.2, 0.25) is 5.91 Å². The van der Waals surface area contributed by atoms with Gasteiger partial charge in [-0.15, -0.1) is 0 Å². The quantitative estimate of drug-likeness (QED) is 0.776. The van der Waals surface area contributed by atoms with Crippen molar-refractivity contribution in [2.24, 2.45) is 11.7 Å². The van der Waals surface area contributed by atoms with Crippen molar-refractivity contribution in [2.45, 2.75) is 33.7 Å². The summed E-state index contributed by atoms with van der Waals surface area (Å²) in [5, 5.41) is 0.279. The zero-order valence-electron chi connectivity index (χ0n) is 14.8. The van der Waals surface area contributed by atoms with Crippen LogP contribution in [0.3, 0.4) is 0 Å². The van der Waals surface area contributed by atoms with Gasteiger partial charge in [-0.2, -0.15) is 0 Å². The Morgan fingerprint density at radius 1 is 1.25 bits per heavy atom. The second-order valence-corrected chi connectivity index (χ2v) is 6.59. The third-order valence-corrected chi connectivity index (χ3v) is 3.53. The number of carbonyl (C=O) groups excluding carboxylic acids is 2. The van der Waals surface area contributed by atoms with Gasteiger partial charge in [-0.1, -0.05) is 25.4 Å². The summed E-state index contributed by atoms with van der Waals surface area (Å²) in [4.78, 5) is 25.3. The fourth-order valence-corrected chi connectivity index (χ4v) is 2.32. The zero-order chi connectivity index (χ0) is 18.4. The fraction of sp³-hybridized carbons (Fsp3) is 0.529. The van der Waals surface area contributed by atoms with Crippen LogP contribution >= 0.6 is 11.6 Å². The van der Waals surface area contributed by atoms with E-state index in [2.05, 4.69) is 0 Å². The van der Waals surface area contributed by atoms with Gasteiger partial charge in [-0.25, -0.2) is 0 Å². The minimum atomic E-state index is -0.577. The molecule has 1 aromatic carbocycles. The van der Waals surface area contributed by atoms with E-state index in [1.165, 1.54) is 18.1 Å². The molecule has 0 saturated carbocycles. The first-order valence-corrected chi connectivity index (χ1v) is 8.14. The Kier molecular flexibility index (Phi) is 7.35. The monoisotopic (exact) mass is 356 g/mol. The highest BCUT2D eigenvalue weighted by atomic mass is 35.5. The predicted octanol–water partition coefficient (Wildman–Crippen LogP) is 2.72. The second-order valence-electron chi connectivity index (χ2n) is 6.19. The molecule has 0 unspecified atom stereocenters. The van der Waals surface area contributed by atoms with E-state index in [1.807, 2.05) is 13.8 Å². The Hall–Kier alpha value is -1.95. The van der Waals surface area contributed by atoms with Crippen molar-refractivity contribution in [3.8, 4) is 11.5 Å². The average molecular weight is 357 g/mol. The first-order chi connectivity index (χ1) is 11.2. The molecule has 24 heavy (non-hydrogen) atoms. The number of hydrogen-bond acceptors (Lipinski definition) is 4. The van der Waals surface area contributed by atoms with Crippen LogP contribution in [0.2, 0.25) is 5.02 Å². The molecule has 0 aliphatic heterocycles. The maximum atomic E-state index is 12.7. The molecule has 134 valence electrons. The first-order valence-electron chi connectivity index (χ1n) is 7.77. The highest BCUT2D eigenvalue weighted by Gasteiger charge is 2.23. The van der Waals surface area contributed by atoms with Gasteiger partial charge in [0.15, 0.2) is 11.5 Å². The lowest BCUT2D eigenvalue weighted by molar-refractivity contribution is -0.119. The van der Waals surface area contributed by atoms with Gasteiger partial charge >= 0.3 is 0 Å². The van der Waals surface area contributed by atoms with Crippen LogP contribution in [-0.4, -0.2) is 43.0 Å². The zero-order valence-corrected chi connectivity index (χ0v) is 15.5. The summed E-state index contributed by atoms with van der Waals surface area (Å²) in [7, 11) is 1.48. The molecule has 0 fully saturated rings. The number of hydrogen-bond donors (Lipinski definition) is 1. The molecular weight excluding hydrogens is 332 g/mol. The summed E-state index contributed by atoms with van der Waals surface area (Å²) in [6.45, 7) is 7.95. The van der Waals surface area contributed by atoms with Crippen LogP contribution in [0.4, 0.5) is 0 Å². The molecule has 2 N–H and O–H groups in total. The molecule has 1 aromatic rings. The fourth-order valence-electron chi connectivity index (χ4n) is 2.06. The average Bonchev–Trinajstić information content (AvgIpc) is 2.49. The molecule has 0 aromatic heterocycles. The molecule has 1 rings (SSSR count). The first kappa shape index (κ1) is 20.1. The number of ether oxygens (including phenoxy) is 2. The van der Waals surface area contributed by atoms with Crippen LogP contribution < -0.4 is 15.2 Å². The number of primary amides is 1. The van der Waals surface area contributed by atoms with E-state index in [4.69, 9.17) is 26.8 Å². The maximum Gasteiger partial charge on any atom is 0.254 e. The van der Waals surface area contributed by atoms with Crippen LogP contribution in [0.1, 0.15) is 38.1 Å². The van der Waals surface area contributed by atoms with E-state index in [-0.39, 0.29) is 23.5 Å². The lowest BCUT2D eigenvalue weighted by atomic mass is 10.1. The number of nitrogens with two attached hydrogens (primary N) is 1. The Morgan fingerprint density at radius 3 is 2.33 bits per heavy atom. The number of nitrogens with zero attached hydrogens (tertiary/aromatic N) is 1. The van der Waals surface area contributed by atoms with Crippen molar-refractivity contribution in [3.63, 3.8) is 0 Å². The molecule has 0 atom stereocenters. The SMILES string of the molecule is COc1cc(C(=O)N(CC(N)=O)C(C)C)cc(Cl)c1OCC(C)C. The smallest absolute Gasteiger partial charge is 0.254 e. The molecule has 0 aliphatic rings. The lowest BCUT2D eigenvalue weighted by Crippen LogP contribution is -2.42. The van der Waals surface area contributed by atoms with E-state index < -0.39 is 5.91 Å². The van der Waals surface area contributed by atoms with Crippen LogP contribution in [0.5, 0.6) is 11.5 Å². The minimum absolute atomic E-state index is 0.165. The highest BCUT2D eigenvalue weighted by molar-refractivity contribution is 6.32. The van der Waals surface area contributed by atoms with E-state index >= 15 is 0 Å². The molecule has 2 amide bonds. The predicted molar refractivity (Wildman–Crippen MR) is 93.7 cm³/mol. The van der Waals surface area contributed by atoms with Gasteiger partial charge in [-0.05, 0) is 31.9 Å². The van der Waals surface area contributed by atoms with Gasteiger partial charge < -0.3 is 20.1 Å². The Balaban J connectivity index is 3.18. The highest BCUT2D eigenvalue weighted by Crippen LogP contribution is 2.37. The third-order valence-electron chi connectivity index (χ3n) is 3.25. The number of carbonyl (C=O) groups is 2. The normalized spacial score (nSPS) is 10.8. The molecule has 0 bridgehead atoms. The van der Waals surface area contributed by atoms with E-state index in [0.29, 0.717) is 29.6 Å². The van der Waals surface area contributed by atoms with Gasteiger partial charge in [0.1, 0.15) is 0 Å². The number of methoxy groups -OCH3 is 1. The van der Waals surface area contributed by atoms with Crippen molar-refractivity contribution in [1.29, 1.82) is 0 Å². The Bertz CT molecular complexity index is 602. The summed E-state index contributed by atoms with van der Waals surface area (Å²) >= 11 is 6.26. The molecule has 7 heteroatoms. The summed E-state index contributed by atoms with van der Waals surface area (Å²) in [5.74, 6) is 0.162. The van der Waals surface area contributed by atoms with Crippen molar-refractivity contribution < 1.29 is 19.1 Å². The molecule has 0 radical (unpaired) electrons. The van der Waals surface area contributed by atoms with Crippen LogP contribution in [0, 0.1) is 5.92 Å². The molecule has 0 saturated heterocycles. The lowest BCUT2D eigenvalue weighted by Gasteiger charge is -2.26. The number of rotatable bonds is 8. The largest absolute Gasteiger partial charge is 0.493 e. The van der Waals surface area contributed by atoms with Crippen LogP contribution in [0.25, 0.3) is 0 Å². The standard InChI is InChI=1S/C17H25ClN2O4/c1-10(2)9-24-16-13(18)6-12(7-14(16)23-5)17(22)20(11(3)4)8-15(19)21/h6-7,10-11H,8-9H2,1-5H3,(H2,19,21). The number of benzene rings is 1. The van der Waals surface area contributed by atoms with E-state index in [1.54, 1.807) is 19.9 Å². The summed E-state index contributed by atoms with van der Waals surface area (Å²) in [6, 6.07) is 2.88. The van der Waals surface area contributed by atoms with Crippen LogP contribution in [0.15, 0.2) is 12.1 Å². The van der Waals surface area contributed by atoms with Gasteiger partial charge in [-0.3, -0.25) is 9.59 Å². The van der Waals surface area contributed by atoms with Gasteiger partial charge in [0.25, 0.3) is 5.91 Å². The number of amides is 2. The molecule has 0 heterocycles. The van der Waals surface area contributed by atoms with E-state index in [0.717, 1.165) is 0 Å². The van der Waals surface area contributed by atoms with Gasteiger partial charge in [0.05, 0.1) is 25.3 Å². The molecule has 0 aliphatic carbocycles. The Labute approximate surface area is 147 Å². The van der Waals surface area contributed by atoms with Crippen LogP contribution in [-0.2, 0) is 4.79 Å². The Morgan fingerprint density at radius 2 is 1.88 bits per heavy atom. The molecule has 6 nitrogen and oxygen atoms in total. The second kappa shape index (κ2) is 8.78. The maximum absolute atomic E-state index is 12.7. The number of halogens is 1. The van der Waals surface area contributed by atoms with Gasteiger partial charge in [0, 0.05) is 11.6 Å². The van der Waals surface area contributed by atoms with Crippen molar-refractivity contribution >= 4 is 23.4 Å². The summed E-state index contributed by atoms with van der Waals surface area (Å²) in [6.07, 6.45) is 0. The summed E-state index contributed by atoms with van der Waals surface area (Å²) in [5.41, 5.74) is 5.53. The third kappa shape index (κ3) is 5.30.